The van der Waals surface area contributed by atoms with Crippen LogP contribution in [0.4, 0.5) is 13.2 Å². The number of hydrogen-bond acceptors (Lipinski definition) is 4. The van der Waals surface area contributed by atoms with E-state index in [1.165, 1.54) is 0 Å². The largest absolute Gasteiger partial charge is 0.434 e. The fourth-order valence-electron chi connectivity index (χ4n) is 3.25. The van der Waals surface area contributed by atoms with Crippen LogP contribution < -0.4 is 10.6 Å². The summed E-state index contributed by atoms with van der Waals surface area (Å²) in [6, 6.07) is 0. The molecule has 1 aliphatic rings. The van der Waals surface area contributed by atoms with Crippen molar-refractivity contribution >= 4 is 47.2 Å². The molecule has 0 unspecified atom stereocenters. The Bertz CT molecular complexity index is 672. The Kier molecular flexibility index (Phi) is 9.44. The van der Waals surface area contributed by atoms with E-state index in [1.54, 1.807) is 19.0 Å². The van der Waals surface area contributed by atoms with Gasteiger partial charge in [-0.3, -0.25) is 4.79 Å². The third-order valence-corrected chi connectivity index (χ3v) is 5.41. The van der Waals surface area contributed by atoms with Crippen LogP contribution in [0.5, 0.6) is 0 Å². The molecule has 11 heteroatoms. The van der Waals surface area contributed by atoms with Crippen LogP contribution in [-0.4, -0.2) is 48.9 Å². The number of nitrogens with one attached hydrogen (secondary N) is 2. The van der Waals surface area contributed by atoms with E-state index in [2.05, 4.69) is 20.6 Å². The minimum atomic E-state index is -4.44. The van der Waals surface area contributed by atoms with Crippen molar-refractivity contribution in [1.82, 2.24) is 20.5 Å². The summed E-state index contributed by atoms with van der Waals surface area (Å²) in [6.45, 7) is 3.00. The topological polar surface area (TPSA) is 69.6 Å². The Morgan fingerprint density at radius 2 is 1.96 bits per heavy atom. The number of amides is 1. The van der Waals surface area contributed by atoms with Crippen molar-refractivity contribution in [3.8, 4) is 0 Å². The summed E-state index contributed by atoms with van der Waals surface area (Å²) in [5.74, 6) is 0.567. The minimum absolute atomic E-state index is 0. The molecule has 0 saturated heterocycles. The molecule has 1 aliphatic carbocycles. The Hall–Kier alpha value is -1.11. The van der Waals surface area contributed by atoms with Crippen molar-refractivity contribution in [2.24, 2.45) is 10.4 Å². The smallest absolute Gasteiger partial charge is 0.357 e. The fraction of sp³-hybridized carbons (Fsp3) is 0.706. The lowest BCUT2D eigenvalue weighted by Crippen LogP contribution is -2.49. The lowest BCUT2D eigenvalue weighted by molar-refractivity contribution is -0.141. The van der Waals surface area contributed by atoms with E-state index in [9.17, 15) is 18.0 Å². The van der Waals surface area contributed by atoms with E-state index in [4.69, 9.17) is 0 Å². The highest BCUT2D eigenvalue weighted by Crippen LogP contribution is 2.39. The van der Waals surface area contributed by atoms with E-state index in [-0.39, 0.29) is 36.4 Å². The molecule has 0 radical (unpaired) electrons. The van der Waals surface area contributed by atoms with Crippen LogP contribution in [-0.2, 0) is 17.5 Å². The maximum absolute atomic E-state index is 12.6. The summed E-state index contributed by atoms with van der Waals surface area (Å²) < 4.78 is 37.9. The highest BCUT2D eigenvalue weighted by Gasteiger charge is 2.42. The third kappa shape index (κ3) is 6.46. The maximum Gasteiger partial charge on any atom is 0.434 e. The van der Waals surface area contributed by atoms with E-state index in [0.29, 0.717) is 24.1 Å². The highest BCUT2D eigenvalue weighted by atomic mass is 127. The normalized spacial score (nSPS) is 16.4. The maximum atomic E-state index is 12.6. The average molecular weight is 533 g/mol. The van der Waals surface area contributed by atoms with Gasteiger partial charge in [-0.05, 0) is 19.8 Å². The molecule has 2 N–H and O–H groups in total. The van der Waals surface area contributed by atoms with Gasteiger partial charge in [0.2, 0.25) is 5.91 Å². The van der Waals surface area contributed by atoms with Gasteiger partial charge in [-0.25, -0.2) is 9.98 Å². The van der Waals surface area contributed by atoms with Crippen molar-refractivity contribution < 1.29 is 18.0 Å². The van der Waals surface area contributed by atoms with Gasteiger partial charge in [0.05, 0.1) is 12.0 Å². The van der Waals surface area contributed by atoms with Gasteiger partial charge in [0.1, 0.15) is 5.01 Å². The second kappa shape index (κ2) is 10.6. The molecule has 1 fully saturated rings. The van der Waals surface area contributed by atoms with Gasteiger partial charge in [0, 0.05) is 32.6 Å². The number of thiazole rings is 1. The molecule has 0 atom stereocenters. The van der Waals surface area contributed by atoms with Crippen LogP contribution in [0.25, 0.3) is 0 Å². The van der Waals surface area contributed by atoms with E-state index in [1.807, 2.05) is 6.92 Å². The highest BCUT2D eigenvalue weighted by molar-refractivity contribution is 14.0. The molecule has 1 saturated carbocycles. The Morgan fingerprint density at radius 3 is 2.46 bits per heavy atom. The first kappa shape index (κ1) is 24.9. The Balaban J connectivity index is 0.00000392. The quantitative estimate of drug-likeness (QED) is 0.334. The standard InChI is InChI=1S/C17H26F3N5OS.HI/c1-4-21-15(22-9-13-24-12(10-27-13)17(18,19)20)23-11-16(7-5-6-8-16)14(26)25(2)3;/h10H,4-9,11H2,1-3H3,(H2,21,22,23);1H. The van der Waals surface area contributed by atoms with E-state index >= 15 is 0 Å². The number of carbonyl (C=O) groups excluding carboxylic acids is 1. The van der Waals surface area contributed by atoms with Crippen molar-refractivity contribution in [3.05, 3.63) is 16.1 Å². The monoisotopic (exact) mass is 533 g/mol. The number of carbonyl (C=O) groups is 1. The summed E-state index contributed by atoms with van der Waals surface area (Å²) in [5, 5.41) is 7.55. The number of alkyl halides is 3. The number of halogens is 4. The molecule has 28 heavy (non-hydrogen) atoms. The summed E-state index contributed by atoms with van der Waals surface area (Å²) in [4.78, 5) is 22.2. The van der Waals surface area contributed by atoms with Crippen LogP contribution in [0.2, 0.25) is 0 Å². The van der Waals surface area contributed by atoms with Gasteiger partial charge in [-0.15, -0.1) is 35.3 Å². The van der Waals surface area contributed by atoms with Crippen molar-refractivity contribution in [2.45, 2.75) is 45.3 Å². The van der Waals surface area contributed by atoms with Crippen molar-refractivity contribution in [1.29, 1.82) is 0 Å². The minimum Gasteiger partial charge on any atom is -0.357 e. The molecule has 0 spiro atoms. The summed E-state index contributed by atoms with van der Waals surface area (Å²) in [6.07, 6.45) is -0.791. The lowest BCUT2D eigenvalue weighted by Gasteiger charge is -2.31. The molecule has 0 aliphatic heterocycles. The van der Waals surface area contributed by atoms with Crippen molar-refractivity contribution in [2.75, 3.05) is 27.2 Å². The number of rotatable bonds is 6. The zero-order valence-electron chi connectivity index (χ0n) is 16.2. The molecular weight excluding hydrogens is 506 g/mol. The zero-order valence-corrected chi connectivity index (χ0v) is 19.4. The number of hydrogen-bond donors (Lipinski definition) is 2. The van der Waals surface area contributed by atoms with Gasteiger partial charge in [0.25, 0.3) is 0 Å². The van der Waals surface area contributed by atoms with Crippen LogP contribution in [0.1, 0.15) is 43.3 Å². The van der Waals surface area contributed by atoms with Crippen LogP contribution >= 0.6 is 35.3 Å². The Morgan fingerprint density at radius 1 is 1.32 bits per heavy atom. The molecule has 6 nitrogen and oxygen atoms in total. The van der Waals surface area contributed by atoms with Crippen molar-refractivity contribution in [3.63, 3.8) is 0 Å². The van der Waals surface area contributed by atoms with Crippen LogP contribution in [0, 0.1) is 5.41 Å². The van der Waals surface area contributed by atoms with Gasteiger partial charge in [-0.2, -0.15) is 13.2 Å². The summed E-state index contributed by atoms with van der Waals surface area (Å²) >= 11 is 0.933. The number of aliphatic imine (C=N–C) groups is 1. The van der Waals surface area contributed by atoms with Gasteiger partial charge in [0.15, 0.2) is 11.7 Å². The molecule has 160 valence electrons. The molecule has 1 heterocycles. The lowest BCUT2D eigenvalue weighted by atomic mass is 9.84. The number of aromatic nitrogens is 1. The first-order valence-corrected chi connectivity index (χ1v) is 9.81. The van der Waals surface area contributed by atoms with Crippen LogP contribution in [0.15, 0.2) is 10.4 Å². The van der Waals surface area contributed by atoms with Crippen LogP contribution in [0.3, 0.4) is 0 Å². The zero-order chi connectivity index (χ0) is 20.1. The number of nitrogens with zero attached hydrogens (tertiary/aromatic N) is 3. The van der Waals surface area contributed by atoms with E-state index < -0.39 is 17.3 Å². The second-order valence-electron chi connectivity index (χ2n) is 6.86. The molecule has 1 aromatic heterocycles. The van der Waals surface area contributed by atoms with E-state index in [0.717, 1.165) is 42.4 Å². The third-order valence-electron chi connectivity index (χ3n) is 4.57. The molecule has 1 amide bonds. The SMILES string of the molecule is CCNC(=NCc1nc(C(F)(F)F)cs1)NCC1(C(=O)N(C)C)CCCC1.I. The van der Waals surface area contributed by atoms with Gasteiger partial charge >= 0.3 is 6.18 Å². The predicted molar refractivity (Wildman–Crippen MR) is 115 cm³/mol. The Labute approximate surface area is 184 Å². The molecule has 2 rings (SSSR count). The average Bonchev–Trinajstić information content (AvgIpc) is 3.26. The summed E-state index contributed by atoms with van der Waals surface area (Å²) in [5.41, 5.74) is -1.35. The molecular formula is C17H27F3IN5OS. The molecule has 1 aromatic rings. The number of guanidine groups is 1. The van der Waals surface area contributed by atoms with Gasteiger partial charge < -0.3 is 15.5 Å². The first-order valence-electron chi connectivity index (χ1n) is 8.93. The van der Waals surface area contributed by atoms with Gasteiger partial charge in [-0.1, -0.05) is 12.8 Å². The summed E-state index contributed by atoms with van der Waals surface area (Å²) in [7, 11) is 3.50. The fourth-order valence-corrected chi connectivity index (χ4v) is 3.97. The first-order chi connectivity index (χ1) is 12.7. The molecule has 0 aromatic carbocycles. The second-order valence-corrected chi connectivity index (χ2v) is 7.80. The molecule has 0 bridgehead atoms. The predicted octanol–water partition coefficient (Wildman–Crippen LogP) is 3.48.